The zero-order chi connectivity index (χ0) is 6.85. The Morgan fingerprint density at radius 2 is 2.22 bits per heavy atom. The fourth-order valence-corrected chi connectivity index (χ4v) is 6.12. The summed E-state index contributed by atoms with van der Waals surface area (Å²) in [6, 6.07) is 1.93. The van der Waals surface area contributed by atoms with E-state index in [9.17, 15) is 0 Å². The Labute approximate surface area is 85.3 Å². The predicted molar refractivity (Wildman–Crippen MR) is 39.6 cm³/mol. The summed E-state index contributed by atoms with van der Waals surface area (Å²) in [7, 11) is 5.70. The van der Waals surface area contributed by atoms with Crippen LogP contribution in [0.2, 0.25) is 0 Å². The third-order valence-electron chi connectivity index (χ3n) is 0.828. The van der Waals surface area contributed by atoms with Crippen LogP contribution < -0.4 is 3.27 Å². The summed E-state index contributed by atoms with van der Waals surface area (Å²) in [5.41, 5.74) is 0. The zero-order valence-corrected chi connectivity index (χ0v) is 13.8. The molecule has 0 bridgehead atoms. The van der Waals surface area contributed by atoms with Crippen LogP contribution in [0.3, 0.4) is 0 Å². The van der Waals surface area contributed by atoms with Crippen molar-refractivity contribution in [2.75, 3.05) is 0 Å². The molecular weight excluding hydrogens is 460 g/mol. The fourth-order valence-electron chi connectivity index (χ4n) is 0.457. The van der Waals surface area contributed by atoms with Gasteiger partial charge in [-0.05, 0) is 0 Å². The van der Waals surface area contributed by atoms with Gasteiger partial charge in [-0.1, -0.05) is 0 Å². The van der Waals surface area contributed by atoms with E-state index in [0.717, 1.165) is 12.4 Å². The molecular formula is C4HBr2ClHgO. The molecule has 0 fully saturated rings. The van der Waals surface area contributed by atoms with Crippen molar-refractivity contribution in [2.24, 2.45) is 0 Å². The van der Waals surface area contributed by atoms with Gasteiger partial charge in [0.15, 0.2) is 0 Å². The van der Waals surface area contributed by atoms with Crippen molar-refractivity contribution in [2.45, 2.75) is 0 Å². The van der Waals surface area contributed by atoms with E-state index in [1.54, 1.807) is 0 Å². The summed E-state index contributed by atoms with van der Waals surface area (Å²) in [4.78, 5) is 0. The van der Waals surface area contributed by atoms with Gasteiger partial charge in [0.1, 0.15) is 0 Å². The minimum atomic E-state index is -1.31. The van der Waals surface area contributed by atoms with Crippen LogP contribution in [-0.2, 0) is 23.3 Å². The molecule has 9 heavy (non-hydrogen) atoms. The van der Waals surface area contributed by atoms with Gasteiger partial charge in [0.05, 0.1) is 0 Å². The van der Waals surface area contributed by atoms with E-state index in [0.29, 0.717) is 0 Å². The minimum absolute atomic E-state index is 0.748. The average molecular weight is 461 g/mol. The molecule has 1 rings (SSSR count). The Hall–Kier alpha value is 1.47. The summed E-state index contributed by atoms with van der Waals surface area (Å²) in [6.07, 6.45) is 0. The molecule has 1 nitrogen and oxygen atoms in total. The van der Waals surface area contributed by atoms with Gasteiger partial charge in [-0.3, -0.25) is 0 Å². The van der Waals surface area contributed by atoms with E-state index in [4.69, 9.17) is 12.7 Å². The molecule has 0 atom stereocenters. The molecule has 0 unspecified atom stereocenters. The van der Waals surface area contributed by atoms with Crippen molar-refractivity contribution >= 4 is 43.4 Å². The second-order valence-electron chi connectivity index (χ2n) is 1.47. The van der Waals surface area contributed by atoms with Gasteiger partial charge in [0, 0.05) is 0 Å². The number of halogens is 3. The molecule has 1 aromatic rings. The van der Waals surface area contributed by atoms with Crippen LogP contribution in [0.5, 0.6) is 0 Å². The first-order valence-corrected chi connectivity index (χ1v) is 13.3. The molecule has 0 radical (unpaired) electrons. The molecule has 0 aliphatic carbocycles. The van der Waals surface area contributed by atoms with Crippen LogP contribution >= 0.6 is 40.1 Å². The van der Waals surface area contributed by atoms with Crippen LogP contribution in [-0.4, -0.2) is 0 Å². The average Bonchev–Trinajstić information content (AvgIpc) is 2.13. The summed E-state index contributed by atoms with van der Waals surface area (Å²) in [5.74, 6) is 0. The Morgan fingerprint density at radius 1 is 1.56 bits per heavy atom. The van der Waals surface area contributed by atoms with E-state index in [1.807, 2.05) is 6.07 Å². The van der Waals surface area contributed by atoms with Crippen molar-refractivity contribution in [1.29, 1.82) is 0 Å². The van der Waals surface area contributed by atoms with E-state index in [-0.39, 0.29) is 0 Å². The molecule has 1 aromatic heterocycles. The molecule has 0 spiro atoms. The van der Waals surface area contributed by atoms with E-state index >= 15 is 0 Å². The molecule has 0 aliphatic rings. The van der Waals surface area contributed by atoms with Crippen molar-refractivity contribution < 1.29 is 27.8 Å². The molecule has 0 aliphatic heterocycles. The van der Waals surface area contributed by atoms with E-state index < -0.39 is 23.3 Å². The van der Waals surface area contributed by atoms with Gasteiger partial charge >= 0.3 is 86.3 Å². The summed E-state index contributed by atoms with van der Waals surface area (Å²) >= 11 is 5.21. The Balaban J connectivity index is 2.98. The molecule has 46 valence electrons. The first-order chi connectivity index (χ1) is 4.24. The second-order valence-corrected chi connectivity index (χ2v) is 9.14. The Kier molecular flexibility index (Phi) is 3.56. The molecule has 0 aromatic carbocycles. The number of hydrogen-bond acceptors (Lipinski definition) is 1. The molecule has 1 heterocycles. The molecule has 0 amide bonds. The fraction of sp³-hybridized carbons (Fsp3) is 0. The van der Waals surface area contributed by atoms with Gasteiger partial charge in [0.25, 0.3) is 0 Å². The number of furan rings is 1. The predicted octanol–water partition coefficient (Wildman–Crippen LogP) is 2.67. The maximum atomic E-state index is 5.70. The van der Waals surface area contributed by atoms with Crippen molar-refractivity contribution in [1.82, 2.24) is 0 Å². The Morgan fingerprint density at radius 3 is 2.44 bits per heavy atom. The second kappa shape index (κ2) is 3.74. The van der Waals surface area contributed by atoms with Gasteiger partial charge in [0.2, 0.25) is 0 Å². The van der Waals surface area contributed by atoms with E-state index in [2.05, 4.69) is 31.9 Å². The van der Waals surface area contributed by atoms with E-state index in [1.165, 1.54) is 0 Å². The molecule has 5 heteroatoms. The van der Waals surface area contributed by atoms with Crippen molar-refractivity contribution in [3.63, 3.8) is 0 Å². The monoisotopic (exact) mass is 460 g/mol. The van der Waals surface area contributed by atoms with Gasteiger partial charge in [-0.25, -0.2) is 0 Å². The zero-order valence-electron chi connectivity index (χ0n) is 4.33. The standard InChI is InChI=1S/C4HBr2O.ClH.Hg/c5-3-1-2-7-4(3)6;;/h1H;1H;/q;;+1/p-1. The molecule has 0 saturated heterocycles. The maximum absolute atomic E-state index is 5.70. The van der Waals surface area contributed by atoms with Crippen LogP contribution in [0.25, 0.3) is 0 Å². The van der Waals surface area contributed by atoms with Crippen molar-refractivity contribution in [3.05, 3.63) is 15.2 Å². The number of rotatable bonds is 1. The van der Waals surface area contributed by atoms with Crippen LogP contribution in [0.4, 0.5) is 0 Å². The quantitative estimate of drug-likeness (QED) is 0.587. The normalized spacial score (nSPS) is 9.22. The summed E-state index contributed by atoms with van der Waals surface area (Å²) < 4.78 is 7.89. The van der Waals surface area contributed by atoms with Gasteiger partial charge in [-0.2, -0.15) is 0 Å². The molecule has 0 saturated carbocycles. The van der Waals surface area contributed by atoms with Crippen LogP contribution in [0.15, 0.2) is 19.6 Å². The number of hydrogen-bond donors (Lipinski definition) is 0. The van der Waals surface area contributed by atoms with Crippen molar-refractivity contribution in [3.8, 4) is 0 Å². The van der Waals surface area contributed by atoms with Crippen LogP contribution in [0.1, 0.15) is 0 Å². The Bertz CT molecular complexity index is 193. The first kappa shape index (κ1) is 8.56. The van der Waals surface area contributed by atoms with Gasteiger partial charge in [-0.15, -0.1) is 0 Å². The molecule has 0 N–H and O–H groups in total. The SMILES string of the molecule is [Cl][Hg][c]1cc(Br)c(Br)o1. The third kappa shape index (κ3) is 2.21. The summed E-state index contributed by atoms with van der Waals surface area (Å²) in [6.45, 7) is 0. The first-order valence-electron chi connectivity index (χ1n) is 2.23. The topological polar surface area (TPSA) is 13.1 Å². The summed E-state index contributed by atoms with van der Waals surface area (Å²) in [5, 5.41) is 0. The van der Waals surface area contributed by atoms with Crippen LogP contribution in [0, 0.1) is 0 Å². The third-order valence-corrected chi connectivity index (χ3v) is 7.23. The van der Waals surface area contributed by atoms with Gasteiger partial charge < -0.3 is 0 Å².